The van der Waals surface area contributed by atoms with Crippen molar-refractivity contribution in [3.63, 3.8) is 0 Å². The zero-order valence-electron chi connectivity index (χ0n) is 9.59. The number of halogens is 2. The predicted molar refractivity (Wildman–Crippen MR) is 75.2 cm³/mol. The van der Waals surface area contributed by atoms with Crippen molar-refractivity contribution in [2.24, 2.45) is 0 Å². The molecule has 0 amide bonds. The second kappa shape index (κ2) is 4.70. The van der Waals surface area contributed by atoms with E-state index in [9.17, 15) is 0 Å². The molecule has 1 heterocycles. The van der Waals surface area contributed by atoms with Crippen LogP contribution >= 0.6 is 27.5 Å². The summed E-state index contributed by atoms with van der Waals surface area (Å²) in [5, 5.41) is 7.69. The van der Waals surface area contributed by atoms with Crippen molar-refractivity contribution in [1.82, 2.24) is 10.2 Å². The number of aromatic nitrogens is 2. The van der Waals surface area contributed by atoms with Crippen LogP contribution in [0.1, 0.15) is 25.3 Å². The highest BCUT2D eigenvalue weighted by molar-refractivity contribution is 9.10. The summed E-state index contributed by atoms with van der Waals surface area (Å²) in [5.74, 6) is 0.824. The van der Waals surface area contributed by atoms with Gasteiger partial charge in [0.15, 0.2) is 0 Å². The fraction of sp³-hybridized carbons (Fsp3) is 0.250. The molecular weight excluding hydrogens is 302 g/mol. The SMILES string of the molecule is CC(C)c1c(N)n[nH]c1-c1cccc(Br)c1Cl. The number of aromatic amines is 1. The Morgan fingerprint density at radius 1 is 1.41 bits per heavy atom. The van der Waals surface area contributed by atoms with Crippen molar-refractivity contribution in [2.45, 2.75) is 19.8 Å². The van der Waals surface area contributed by atoms with E-state index >= 15 is 0 Å². The maximum Gasteiger partial charge on any atom is 0.149 e. The molecular formula is C12H13BrClN3. The summed E-state index contributed by atoms with van der Waals surface area (Å²) in [6, 6.07) is 5.79. The summed E-state index contributed by atoms with van der Waals surface area (Å²) in [6.45, 7) is 4.16. The van der Waals surface area contributed by atoms with Crippen molar-refractivity contribution in [3.8, 4) is 11.3 Å². The van der Waals surface area contributed by atoms with E-state index in [2.05, 4.69) is 40.0 Å². The molecule has 0 radical (unpaired) electrons. The monoisotopic (exact) mass is 313 g/mol. The summed E-state index contributed by atoms with van der Waals surface area (Å²) in [5.41, 5.74) is 8.68. The van der Waals surface area contributed by atoms with Crippen LogP contribution in [0.5, 0.6) is 0 Å². The molecule has 0 bridgehead atoms. The lowest BCUT2D eigenvalue weighted by Gasteiger charge is -2.09. The molecule has 3 nitrogen and oxygen atoms in total. The topological polar surface area (TPSA) is 54.7 Å². The first-order valence-corrected chi connectivity index (χ1v) is 6.47. The molecule has 0 aliphatic carbocycles. The molecule has 1 aromatic heterocycles. The highest BCUT2D eigenvalue weighted by Crippen LogP contribution is 2.37. The van der Waals surface area contributed by atoms with Crippen molar-refractivity contribution in [3.05, 3.63) is 33.3 Å². The summed E-state index contributed by atoms with van der Waals surface area (Å²) in [6.07, 6.45) is 0. The van der Waals surface area contributed by atoms with Gasteiger partial charge in [0.05, 0.1) is 10.7 Å². The molecule has 17 heavy (non-hydrogen) atoms. The van der Waals surface area contributed by atoms with Gasteiger partial charge in [-0.05, 0) is 27.9 Å². The zero-order chi connectivity index (χ0) is 12.6. The molecule has 5 heteroatoms. The second-order valence-corrected chi connectivity index (χ2v) is 5.39. The lowest BCUT2D eigenvalue weighted by atomic mass is 9.99. The van der Waals surface area contributed by atoms with E-state index in [-0.39, 0.29) is 0 Å². The summed E-state index contributed by atoms with van der Waals surface area (Å²) in [7, 11) is 0. The Bertz CT molecular complexity index is 549. The normalized spacial score (nSPS) is 11.1. The van der Waals surface area contributed by atoms with E-state index in [1.807, 2.05) is 18.2 Å². The lowest BCUT2D eigenvalue weighted by molar-refractivity contribution is 0.873. The minimum absolute atomic E-state index is 0.291. The maximum absolute atomic E-state index is 6.28. The number of nitrogens with zero attached hydrogens (tertiary/aromatic N) is 1. The third kappa shape index (κ3) is 2.19. The van der Waals surface area contributed by atoms with Gasteiger partial charge < -0.3 is 5.73 Å². The van der Waals surface area contributed by atoms with Crippen LogP contribution in [0.4, 0.5) is 5.82 Å². The standard InChI is InChI=1S/C12H13BrClN3/c1-6(2)9-11(16-17-12(9)15)7-4-3-5-8(13)10(7)14/h3-6H,1-2H3,(H3,15,16,17). The van der Waals surface area contributed by atoms with E-state index in [1.165, 1.54) is 0 Å². The van der Waals surface area contributed by atoms with Gasteiger partial charge in [0.2, 0.25) is 0 Å². The van der Waals surface area contributed by atoms with E-state index < -0.39 is 0 Å². The summed E-state index contributed by atoms with van der Waals surface area (Å²) < 4.78 is 0.861. The Morgan fingerprint density at radius 2 is 2.12 bits per heavy atom. The van der Waals surface area contributed by atoms with Gasteiger partial charge in [-0.1, -0.05) is 37.6 Å². The van der Waals surface area contributed by atoms with Crippen molar-refractivity contribution in [2.75, 3.05) is 5.73 Å². The van der Waals surface area contributed by atoms with Crippen molar-refractivity contribution < 1.29 is 0 Å². The van der Waals surface area contributed by atoms with Gasteiger partial charge in [0, 0.05) is 15.6 Å². The predicted octanol–water partition coefficient (Wildman–Crippen LogP) is 4.20. The number of rotatable bonds is 2. The smallest absolute Gasteiger partial charge is 0.149 e. The number of hydrogen-bond donors (Lipinski definition) is 2. The molecule has 0 fully saturated rings. The van der Waals surface area contributed by atoms with Gasteiger partial charge in [-0.2, -0.15) is 5.10 Å². The number of nitrogens with one attached hydrogen (secondary N) is 1. The molecule has 0 aliphatic rings. The Morgan fingerprint density at radius 3 is 2.76 bits per heavy atom. The lowest BCUT2D eigenvalue weighted by Crippen LogP contribution is -1.95. The molecule has 0 saturated heterocycles. The molecule has 0 spiro atoms. The first-order valence-electron chi connectivity index (χ1n) is 5.30. The molecule has 2 aromatic rings. The van der Waals surface area contributed by atoms with Crippen LogP contribution in [-0.2, 0) is 0 Å². The first-order chi connectivity index (χ1) is 8.02. The van der Waals surface area contributed by atoms with Crippen molar-refractivity contribution in [1.29, 1.82) is 0 Å². The molecule has 0 unspecified atom stereocenters. The second-order valence-electron chi connectivity index (χ2n) is 4.15. The van der Waals surface area contributed by atoms with E-state index in [4.69, 9.17) is 17.3 Å². The van der Waals surface area contributed by atoms with Crippen LogP contribution < -0.4 is 5.73 Å². The molecule has 90 valence electrons. The largest absolute Gasteiger partial charge is 0.382 e. The Balaban J connectivity index is 2.65. The number of nitrogens with two attached hydrogens (primary N) is 1. The maximum atomic E-state index is 6.28. The number of benzene rings is 1. The van der Waals surface area contributed by atoms with Gasteiger partial charge in [0.25, 0.3) is 0 Å². The van der Waals surface area contributed by atoms with Gasteiger partial charge in [0.1, 0.15) is 5.82 Å². The van der Waals surface area contributed by atoms with Gasteiger partial charge in [-0.25, -0.2) is 0 Å². The molecule has 2 rings (SSSR count). The zero-order valence-corrected chi connectivity index (χ0v) is 11.9. The summed E-state index contributed by atoms with van der Waals surface area (Å²) >= 11 is 9.69. The third-order valence-corrected chi connectivity index (χ3v) is 3.93. The van der Waals surface area contributed by atoms with E-state index in [0.717, 1.165) is 21.3 Å². The fourth-order valence-corrected chi connectivity index (χ4v) is 2.44. The van der Waals surface area contributed by atoms with Gasteiger partial charge in [-0.3, -0.25) is 5.10 Å². The highest BCUT2D eigenvalue weighted by Gasteiger charge is 2.18. The van der Waals surface area contributed by atoms with Crippen LogP contribution in [0.25, 0.3) is 11.3 Å². The molecule has 0 atom stereocenters. The summed E-state index contributed by atoms with van der Waals surface area (Å²) in [4.78, 5) is 0. The number of H-pyrrole nitrogens is 1. The van der Waals surface area contributed by atoms with Crippen LogP contribution in [0.2, 0.25) is 5.02 Å². The molecule has 0 saturated carbocycles. The van der Waals surface area contributed by atoms with Gasteiger partial charge >= 0.3 is 0 Å². The first kappa shape index (κ1) is 12.5. The van der Waals surface area contributed by atoms with E-state index in [0.29, 0.717) is 16.8 Å². The quantitative estimate of drug-likeness (QED) is 0.873. The van der Waals surface area contributed by atoms with Crippen molar-refractivity contribution >= 4 is 33.3 Å². The van der Waals surface area contributed by atoms with Gasteiger partial charge in [-0.15, -0.1) is 0 Å². The Labute approximate surface area is 113 Å². The number of hydrogen-bond acceptors (Lipinski definition) is 2. The number of nitrogen functional groups attached to an aromatic ring is 1. The van der Waals surface area contributed by atoms with Crippen LogP contribution in [0.3, 0.4) is 0 Å². The van der Waals surface area contributed by atoms with E-state index in [1.54, 1.807) is 0 Å². The third-order valence-electron chi connectivity index (χ3n) is 2.63. The Hall–Kier alpha value is -1.000. The average molecular weight is 315 g/mol. The minimum atomic E-state index is 0.291. The number of anilines is 1. The average Bonchev–Trinajstić information content (AvgIpc) is 2.64. The minimum Gasteiger partial charge on any atom is -0.382 e. The van der Waals surface area contributed by atoms with Crippen LogP contribution in [0.15, 0.2) is 22.7 Å². The Kier molecular flexibility index (Phi) is 3.45. The highest BCUT2D eigenvalue weighted by atomic mass is 79.9. The molecule has 0 aliphatic heterocycles. The molecule has 3 N–H and O–H groups in total. The van der Waals surface area contributed by atoms with Crippen LogP contribution in [-0.4, -0.2) is 10.2 Å². The van der Waals surface area contributed by atoms with Crippen LogP contribution in [0, 0.1) is 0 Å². The molecule has 1 aromatic carbocycles. The fourth-order valence-electron chi connectivity index (χ4n) is 1.85.